The number of nitrogens with zero attached hydrogens (tertiary/aromatic N) is 1. The Kier molecular flexibility index (Phi) is 5.09. The Morgan fingerprint density at radius 3 is 2.23 bits per heavy atom. The Bertz CT molecular complexity index is 676. The minimum absolute atomic E-state index is 0.110. The molecular weight excluding hydrogens is 276 g/mol. The van der Waals surface area contributed by atoms with Gasteiger partial charge in [0.1, 0.15) is 0 Å². The minimum atomic E-state index is -0.129. The molecule has 2 amide bonds. The molecule has 22 heavy (non-hydrogen) atoms. The van der Waals surface area contributed by atoms with Gasteiger partial charge in [-0.2, -0.15) is 0 Å². The summed E-state index contributed by atoms with van der Waals surface area (Å²) in [5, 5.41) is 2.57. The number of carbonyl (C=O) groups excluding carboxylic acids is 2. The topological polar surface area (TPSA) is 49.4 Å². The monoisotopic (exact) mass is 294 g/mol. The molecule has 4 heteroatoms. The first-order valence-corrected chi connectivity index (χ1v) is 6.95. The highest BCUT2D eigenvalue weighted by Gasteiger charge is 2.06. The first kappa shape index (κ1) is 15.5. The quantitative estimate of drug-likeness (QED) is 0.881. The molecule has 1 N–H and O–H groups in total. The Hall–Kier alpha value is -2.88. The van der Waals surface area contributed by atoms with E-state index in [1.54, 1.807) is 49.3 Å². The first-order valence-electron chi connectivity index (χ1n) is 6.95. The third-order valence-electron chi connectivity index (χ3n) is 3.29. The lowest BCUT2D eigenvalue weighted by molar-refractivity contribution is -0.113. The zero-order chi connectivity index (χ0) is 15.9. The molecule has 0 aliphatic carbocycles. The van der Waals surface area contributed by atoms with Crippen molar-refractivity contribution in [1.82, 2.24) is 5.32 Å². The third-order valence-corrected chi connectivity index (χ3v) is 3.29. The number of amides is 2. The number of carbonyl (C=O) groups is 2. The molecule has 0 unspecified atom stereocenters. The van der Waals surface area contributed by atoms with E-state index in [9.17, 15) is 9.59 Å². The smallest absolute Gasteiger partial charge is 0.251 e. The normalized spacial score (nSPS) is 10.5. The predicted molar refractivity (Wildman–Crippen MR) is 88.7 cm³/mol. The fraction of sp³-hybridized carbons (Fsp3) is 0.111. The van der Waals surface area contributed by atoms with E-state index in [1.165, 1.54) is 6.08 Å². The first-order chi connectivity index (χ1) is 10.6. The van der Waals surface area contributed by atoms with Gasteiger partial charge in [0.15, 0.2) is 0 Å². The lowest BCUT2D eigenvalue weighted by Gasteiger charge is -2.14. The summed E-state index contributed by atoms with van der Waals surface area (Å²) in [7, 11) is 3.32. The fourth-order valence-electron chi connectivity index (χ4n) is 1.95. The number of rotatable bonds is 4. The molecule has 0 aliphatic rings. The third kappa shape index (κ3) is 3.82. The van der Waals surface area contributed by atoms with E-state index in [0.717, 1.165) is 11.3 Å². The van der Waals surface area contributed by atoms with Crippen LogP contribution in [0.1, 0.15) is 15.9 Å². The second-order valence-corrected chi connectivity index (χ2v) is 4.77. The second kappa shape index (κ2) is 7.22. The zero-order valence-corrected chi connectivity index (χ0v) is 12.6. The van der Waals surface area contributed by atoms with Crippen molar-refractivity contribution in [3.63, 3.8) is 0 Å². The molecule has 0 heterocycles. The van der Waals surface area contributed by atoms with Crippen LogP contribution in [-0.4, -0.2) is 25.9 Å². The van der Waals surface area contributed by atoms with Crippen molar-refractivity contribution in [2.24, 2.45) is 0 Å². The maximum atomic E-state index is 12.1. The van der Waals surface area contributed by atoms with Crippen LogP contribution in [-0.2, 0) is 4.79 Å². The molecule has 112 valence electrons. The number of likely N-dealkylation sites (N-methyl/N-ethyl adjacent to an activating group) is 1. The van der Waals surface area contributed by atoms with E-state index < -0.39 is 0 Å². The number of nitrogens with one attached hydrogen (secondary N) is 1. The van der Waals surface area contributed by atoms with Gasteiger partial charge in [-0.3, -0.25) is 9.59 Å². The second-order valence-electron chi connectivity index (χ2n) is 4.77. The van der Waals surface area contributed by atoms with Crippen LogP contribution in [0.3, 0.4) is 0 Å². The summed E-state index contributed by atoms with van der Waals surface area (Å²) in [6.07, 6.45) is 3.25. The van der Waals surface area contributed by atoms with Gasteiger partial charge in [-0.15, -0.1) is 0 Å². The molecule has 0 atom stereocenters. The number of benzene rings is 2. The van der Waals surface area contributed by atoms with Gasteiger partial charge in [-0.1, -0.05) is 30.3 Å². The van der Waals surface area contributed by atoms with Crippen LogP contribution in [0.5, 0.6) is 0 Å². The van der Waals surface area contributed by atoms with Crippen molar-refractivity contribution in [2.45, 2.75) is 0 Å². The van der Waals surface area contributed by atoms with Crippen molar-refractivity contribution in [3.8, 4) is 0 Å². The van der Waals surface area contributed by atoms with Crippen molar-refractivity contribution in [3.05, 3.63) is 71.8 Å². The molecule has 0 bridgehead atoms. The van der Waals surface area contributed by atoms with Gasteiger partial charge in [-0.25, -0.2) is 0 Å². The molecular formula is C18H18N2O2. The van der Waals surface area contributed by atoms with Gasteiger partial charge in [0.25, 0.3) is 11.8 Å². The van der Waals surface area contributed by atoms with Crippen LogP contribution in [0.15, 0.2) is 60.7 Å². The molecule has 0 saturated heterocycles. The zero-order valence-electron chi connectivity index (χ0n) is 12.6. The van der Waals surface area contributed by atoms with Gasteiger partial charge < -0.3 is 10.2 Å². The molecule has 2 rings (SSSR count). The maximum absolute atomic E-state index is 12.1. The Labute approximate surface area is 130 Å². The summed E-state index contributed by atoms with van der Waals surface area (Å²) in [4.78, 5) is 25.1. The van der Waals surface area contributed by atoms with Crippen LogP contribution in [0.2, 0.25) is 0 Å². The predicted octanol–water partition coefficient (Wildman–Crippen LogP) is 2.72. The molecule has 0 radical (unpaired) electrons. The van der Waals surface area contributed by atoms with E-state index in [4.69, 9.17) is 0 Å². The van der Waals surface area contributed by atoms with Crippen LogP contribution < -0.4 is 10.2 Å². The van der Waals surface area contributed by atoms with E-state index in [1.807, 2.05) is 30.3 Å². The van der Waals surface area contributed by atoms with Crippen molar-refractivity contribution < 1.29 is 9.59 Å². The number of hydrogen-bond donors (Lipinski definition) is 1. The average Bonchev–Trinajstić information content (AvgIpc) is 2.59. The van der Waals surface area contributed by atoms with Crippen LogP contribution in [0, 0.1) is 0 Å². The molecule has 0 fully saturated rings. The highest BCUT2D eigenvalue weighted by atomic mass is 16.2. The standard InChI is InChI=1S/C18H18N2O2/c1-19-18(22)15-11-8-14(9-12-15)10-13-17(21)20(2)16-6-4-3-5-7-16/h3-13H,1-2H3,(H,19,22)/b13-10+. The van der Waals surface area contributed by atoms with Crippen LogP contribution in [0.25, 0.3) is 6.08 Å². The SMILES string of the molecule is CNC(=O)c1ccc(/C=C/C(=O)N(C)c2ccccc2)cc1. The maximum Gasteiger partial charge on any atom is 0.251 e. The molecule has 4 nitrogen and oxygen atoms in total. The molecule has 2 aromatic carbocycles. The number of para-hydroxylation sites is 1. The van der Waals surface area contributed by atoms with Crippen LogP contribution in [0.4, 0.5) is 5.69 Å². The fourth-order valence-corrected chi connectivity index (χ4v) is 1.95. The highest BCUT2D eigenvalue weighted by Crippen LogP contribution is 2.12. The summed E-state index contributed by atoms with van der Waals surface area (Å²) in [5.41, 5.74) is 2.29. The summed E-state index contributed by atoms with van der Waals surface area (Å²) < 4.78 is 0. The molecule has 0 spiro atoms. The van der Waals surface area contributed by atoms with Gasteiger partial charge in [0, 0.05) is 31.4 Å². The Morgan fingerprint density at radius 1 is 1.00 bits per heavy atom. The van der Waals surface area contributed by atoms with Gasteiger partial charge in [0.05, 0.1) is 0 Å². The van der Waals surface area contributed by atoms with Gasteiger partial charge >= 0.3 is 0 Å². The summed E-state index contributed by atoms with van der Waals surface area (Å²) in [5.74, 6) is -0.239. The lowest BCUT2D eigenvalue weighted by atomic mass is 10.1. The number of anilines is 1. The highest BCUT2D eigenvalue weighted by molar-refractivity contribution is 6.03. The summed E-state index contributed by atoms with van der Waals surface area (Å²) in [6.45, 7) is 0. The van der Waals surface area contributed by atoms with E-state index >= 15 is 0 Å². The van der Waals surface area contributed by atoms with Crippen molar-refractivity contribution in [2.75, 3.05) is 19.0 Å². The van der Waals surface area contributed by atoms with Gasteiger partial charge in [0.2, 0.25) is 0 Å². The van der Waals surface area contributed by atoms with Crippen molar-refractivity contribution in [1.29, 1.82) is 0 Å². The Morgan fingerprint density at radius 2 is 1.64 bits per heavy atom. The molecule has 0 saturated carbocycles. The van der Waals surface area contributed by atoms with Crippen LogP contribution >= 0.6 is 0 Å². The average molecular weight is 294 g/mol. The minimum Gasteiger partial charge on any atom is -0.355 e. The molecule has 2 aromatic rings. The van der Waals surface area contributed by atoms with Crippen molar-refractivity contribution >= 4 is 23.6 Å². The number of hydrogen-bond acceptors (Lipinski definition) is 2. The summed E-state index contributed by atoms with van der Waals surface area (Å²) in [6, 6.07) is 16.5. The largest absolute Gasteiger partial charge is 0.355 e. The summed E-state index contributed by atoms with van der Waals surface area (Å²) >= 11 is 0. The Balaban J connectivity index is 2.05. The van der Waals surface area contributed by atoms with Gasteiger partial charge in [-0.05, 0) is 35.9 Å². The lowest BCUT2D eigenvalue weighted by Crippen LogP contribution is -2.23. The molecule has 0 aliphatic heterocycles. The van der Waals surface area contributed by atoms with E-state index in [-0.39, 0.29) is 11.8 Å². The van der Waals surface area contributed by atoms with E-state index in [2.05, 4.69) is 5.32 Å². The van der Waals surface area contributed by atoms with E-state index in [0.29, 0.717) is 5.56 Å². The molecule has 0 aromatic heterocycles.